The Balaban J connectivity index is 0.847. The van der Waals surface area contributed by atoms with Gasteiger partial charge in [-0.3, -0.25) is 29.0 Å². The van der Waals surface area contributed by atoms with E-state index in [-0.39, 0.29) is 93.9 Å². The molecular weight excluding hydrogens is 1630 g/mol. The van der Waals surface area contributed by atoms with Gasteiger partial charge >= 0.3 is 5.97 Å². The van der Waals surface area contributed by atoms with E-state index < -0.39 is 165 Å². The predicted octanol–water partition coefficient (Wildman–Crippen LogP) is 13.2. The first kappa shape index (κ1) is 89.2. The van der Waals surface area contributed by atoms with Gasteiger partial charge in [-0.05, 0) is 84.3 Å². The number of carbonyl (C=O) groups excluding carboxylic acids is 5. The molecule has 28 heteroatoms. The smallest absolute Gasteiger partial charge is 0.338 e. The van der Waals surface area contributed by atoms with Crippen LogP contribution in [-0.4, -0.2) is 194 Å². The Hall–Kier alpha value is -11.2. The second-order valence-electron chi connectivity index (χ2n) is 32.1. The zero-order valence-electron chi connectivity index (χ0n) is 70.5. The molecule has 5 saturated heterocycles. The molecule has 9 aromatic carbocycles. The monoisotopic (exact) mass is 1730 g/mol. The summed E-state index contributed by atoms with van der Waals surface area (Å²) in [7, 11) is 0. The van der Waals surface area contributed by atoms with Crippen molar-refractivity contribution in [3.05, 3.63) is 356 Å². The van der Waals surface area contributed by atoms with E-state index in [9.17, 15) is 20.2 Å². The van der Waals surface area contributed by atoms with Gasteiger partial charge in [-0.15, -0.1) is 0 Å². The number of aliphatic hydroxyl groups is 1. The summed E-state index contributed by atoms with van der Waals surface area (Å²) in [5.41, 5.74) is 16.8. The molecule has 5 fully saturated rings. The van der Waals surface area contributed by atoms with Gasteiger partial charge in [0.1, 0.15) is 91.4 Å². The Labute approximate surface area is 735 Å². The summed E-state index contributed by atoms with van der Waals surface area (Å²) in [5, 5.41) is 17.6. The molecule has 0 aliphatic carbocycles. The Bertz CT molecular complexity index is 5200. The number of ether oxygens (including phenoxy) is 17. The molecule has 4 amide bonds. The minimum absolute atomic E-state index is 0.00657. The van der Waals surface area contributed by atoms with Crippen LogP contribution in [0.5, 0.6) is 0 Å². The molecule has 0 aromatic heterocycles. The topological polar surface area (TPSA) is 318 Å². The van der Waals surface area contributed by atoms with E-state index in [1.807, 2.05) is 243 Å². The Morgan fingerprint density at radius 2 is 0.732 bits per heavy atom. The summed E-state index contributed by atoms with van der Waals surface area (Å²) >= 11 is 0. The van der Waals surface area contributed by atoms with E-state index in [1.165, 1.54) is 27.7 Å². The second kappa shape index (κ2) is 42.6. The number of azide groups is 1. The van der Waals surface area contributed by atoms with Crippen LogP contribution >= 0.6 is 0 Å². The normalized spacial score (nSPS) is 28.5. The van der Waals surface area contributed by atoms with E-state index in [4.69, 9.17) is 80.5 Å². The molecule has 0 unspecified atom stereocenters. The van der Waals surface area contributed by atoms with Crippen LogP contribution in [0.3, 0.4) is 0 Å². The molecule has 0 radical (unpaired) electrons. The van der Waals surface area contributed by atoms with Gasteiger partial charge in [0, 0.05) is 32.8 Å². The molecule has 0 bridgehead atoms. The molecular formula is C99H101N5O23. The number of aliphatic hydroxyl groups excluding tert-OH is 1. The van der Waals surface area contributed by atoms with Crippen molar-refractivity contribution in [2.45, 2.75) is 203 Å². The quantitative estimate of drug-likeness (QED) is 0.0125. The number of imide groups is 2. The summed E-state index contributed by atoms with van der Waals surface area (Å²) in [6, 6.07) is 79.3. The molecule has 0 spiro atoms. The zero-order valence-corrected chi connectivity index (χ0v) is 70.5. The lowest BCUT2D eigenvalue weighted by Crippen LogP contribution is -2.72. The highest BCUT2D eigenvalue weighted by atomic mass is 16.8. The first-order valence-corrected chi connectivity index (χ1v) is 42.6. The van der Waals surface area contributed by atoms with Gasteiger partial charge in [-0.25, -0.2) is 4.79 Å². The number of rotatable bonds is 36. The van der Waals surface area contributed by atoms with E-state index >= 15 is 14.4 Å². The van der Waals surface area contributed by atoms with E-state index in [0.717, 1.165) is 37.6 Å². The summed E-state index contributed by atoms with van der Waals surface area (Å²) in [6.07, 6.45) is -28.7. The lowest BCUT2D eigenvalue weighted by atomic mass is 9.91. The van der Waals surface area contributed by atoms with Crippen LogP contribution in [0, 0.1) is 0 Å². The van der Waals surface area contributed by atoms with Crippen LogP contribution < -0.4 is 0 Å². The minimum atomic E-state index is -1.91. The Morgan fingerprint density at radius 1 is 0.386 bits per heavy atom. The fourth-order valence-corrected chi connectivity index (χ4v) is 16.8. The molecule has 16 rings (SSSR count). The predicted molar refractivity (Wildman–Crippen MR) is 456 cm³/mol. The molecule has 7 aliphatic heterocycles. The molecule has 21 atom stereocenters. The summed E-state index contributed by atoms with van der Waals surface area (Å²) < 4.78 is 121. The van der Waals surface area contributed by atoms with Crippen molar-refractivity contribution in [1.29, 1.82) is 0 Å². The lowest BCUT2D eigenvalue weighted by molar-refractivity contribution is -0.408. The first-order valence-electron chi connectivity index (χ1n) is 42.6. The number of fused-ring (bicyclic) bond motifs is 1. The summed E-state index contributed by atoms with van der Waals surface area (Å²) in [6.45, 7) is 4.66. The highest BCUT2D eigenvalue weighted by molar-refractivity contribution is 6.19. The molecule has 660 valence electrons. The summed E-state index contributed by atoms with van der Waals surface area (Å²) in [4.78, 5) is 82.3. The number of nitrogens with zero attached hydrogens (tertiary/aromatic N) is 5. The highest BCUT2D eigenvalue weighted by Gasteiger charge is 2.63. The molecule has 28 nitrogen and oxygen atoms in total. The number of hydrogen-bond donors (Lipinski definition) is 1. The van der Waals surface area contributed by atoms with Crippen LogP contribution in [0.1, 0.15) is 88.9 Å². The maximum absolute atomic E-state index is 15.8. The largest absolute Gasteiger partial charge is 0.450 e. The standard InChI is InChI=1S/C99H101N5O23/c1-61-62(2)92(107)103(91(61)106)78-85(115-54-69-40-22-9-23-41-69)82(75(119-90(78)101-102-100)58-112-51-66-34-16-6-17-35-66)125-97-79(104-93(108)63(3)64(4)94(104)109)86(116-55-70-42-24-10-25-43-70)83(76(120-97)59-113-52-67-36-18-7-19-37-67)126-99-89(123-95(110)72-46-28-12-29-47-72)88(84-77(122-99)60-118-96(124-84)73-48-30-13-31-49-73)127-98-80(105)87(117-56-71-44-26-11-27-45-71)81(114-53-68-38-20-8-21-39-68)74(121-98)57-111-50-65-32-14-5-15-33-65/h5-49,74-90,96-99,105H,50-60H2,1-4H3/t74-,75-,76-,77-,78-,79-,80+,81-,82-,83-,84-,85-,86-,87-,88+,89+,90-,96-,97+,98-,99+/m1/s1. The van der Waals surface area contributed by atoms with Gasteiger partial charge < -0.3 is 85.6 Å². The zero-order chi connectivity index (χ0) is 87.7. The molecule has 0 saturated carbocycles. The fraction of sp³-hybridized carbons (Fsp3) is 0.364. The van der Waals surface area contributed by atoms with Crippen molar-refractivity contribution in [2.75, 3.05) is 26.4 Å². The average Bonchev–Trinajstić information content (AvgIpc) is 1.66. The maximum Gasteiger partial charge on any atom is 0.338 e. The van der Waals surface area contributed by atoms with Crippen LogP contribution in [0.25, 0.3) is 10.4 Å². The van der Waals surface area contributed by atoms with E-state index in [1.54, 1.807) is 30.3 Å². The van der Waals surface area contributed by atoms with Crippen molar-refractivity contribution in [3.63, 3.8) is 0 Å². The van der Waals surface area contributed by atoms with Crippen LogP contribution in [0.4, 0.5) is 0 Å². The SMILES string of the molecule is CC1=C(C)C(=O)N([C@@H]2[C@@H](OCc3ccccc3)[C@H](O[C@@H]3O[C@H](COCc4ccccc4)[C@@H](O[C@@H]4O[C@@H]5CO[C@@H](c6ccccc6)O[C@H]5[C@H](O[C@H]5O[C@H](COCc6ccccc6)[C@@H](OCc6ccccc6)[C@H](OCc6ccccc6)[C@@H]5O)[C@@H]4OC(=O)c4ccccc4)[C@H](OCc4ccccc4)[C@H]3N3C(=O)C(C)=C(C)C3=O)[C@@H](COCc3ccccc3)O[C@H]2N=[N+]=[N-])C1=O. The molecule has 9 aromatic rings. The number of benzene rings is 9. The second-order valence-corrected chi connectivity index (χ2v) is 32.1. The number of hydrogen-bond acceptors (Lipinski definition) is 24. The third kappa shape index (κ3) is 21.2. The number of amides is 4. The van der Waals surface area contributed by atoms with Crippen molar-refractivity contribution in [1.82, 2.24) is 9.80 Å². The summed E-state index contributed by atoms with van der Waals surface area (Å²) in [5.74, 6) is -3.91. The van der Waals surface area contributed by atoms with Gasteiger partial charge in [-0.1, -0.05) is 266 Å². The molecule has 7 aliphatic rings. The van der Waals surface area contributed by atoms with Gasteiger partial charge in [0.2, 0.25) is 0 Å². The van der Waals surface area contributed by atoms with Gasteiger partial charge in [0.15, 0.2) is 37.5 Å². The van der Waals surface area contributed by atoms with E-state index in [2.05, 4.69) is 10.0 Å². The number of carbonyl (C=O) groups is 5. The highest BCUT2D eigenvalue weighted by Crippen LogP contribution is 2.45. The third-order valence-corrected chi connectivity index (χ3v) is 23.7. The Kier molecular flexibility index (Phi) is 30.0. The third-order valence-electron chi connectivity index (χ3n) is 23.7. The van der Waals surface area contributed by atoms with Crippen molar-refractivity contribution in [2.24, 2.45) is 5.11 Å². The van der Waals surface area contributed by atoms with E-state index in [0.29, 0.717) is 16.7 Å². The van der Waals surface area contributed by atoms with Gasteiger partial charge in [0.25, 0.3) is 23.6 Å². The molecule has 1 N–H and O–H groups in total. The van der Waals surface area contributed by atoms with Crippen molar-refractivity contribution < 1.29 is 110 Å². The van der Waals surface area contributed by atoms with Crippen LogP contribution in [-0.2, 0) is 146 Å². The van der Waals surface area contributed by atoms with Crippen molar-refractivity contribution >= 4 is 29.6 Å². The lowest BCUT2D eigenvalue weighted by Gasteiger charge is -2.54. The number of esters is 1. The first-order chi connectivity index (χ1) is 62.1. The molecule has 7 heterocycles. The molecule has 127 heavy (non-hydrogen) atoms. The van der Waals surface area contributed by atoms with Gasteiger partial charge in [-0.2, -0.15) is 0 Å². The minimum Gasteiger partial charge on any atom is -0.450 e. The van der Waals surface area contributed by atoms with Gasteiger partial charge in [0.05, 0.1) is 78.2 Å². The van der Waals surface area contributed by atoms with Crippen LogP contribution in [0.15, 0.2) is 300 Å². The fourth-order valence-electron chi connectivity index (χ4n) is 16.8. The maximum atomic E-state index is 15.8. The Morgan fingerprint density at radius 3 is 1.17 bits per heavy atom. The van der Waals surface area contributed by atoms with Crippen LogP contribution in [0.2, 0.25) is 0 Å². The average molecular weight is 1730 g/mol. The van der Waals surface area contributed by atoms with Crippen molar-refractivity contribution in [3.8, 4) is 0 Å².